The van der Waals surface area contributed by atoms with Gasteiger partial charge in [0.05, 0.1) is 11.4 Å². The van der Waals surface area contributed by atoms with Gasteiger partial charge in [-0.2, -0.15) is 4.98 Å². The van der Waals surface area contributed by atoms with Crippen molar-refractivity contribution in [1.82, 2.24) is 15.5 Å². The van der Waals surface area contributed by atoms with Gasteiger partial charge in [-0.25, -0.2) is 4.39 Å². The highest BCUT2D eigenvalue weighted by molar-refractivity contribution is 7.13. The molecule has 3 rings (SSSR count). The SMILES string of the molecule is CCC(Oc1ccccc1F)C(=O)NCc1nc(-c2cccs2)no1. The summed E-state index contributed by atoms with van der Waals surface area (Å²) in [4.78, 5) is 17.4. The second-order valence-corrected chi connectivity index (χ2v) is 6.10. The molecule has 2 aromatic heterocycles. The molecule has 1 aromatic carbocycles. The molecule has 0 bridgehead atoms. The summed E-state index contributed by atoms with van der Waals surface area (Å²) in [5.41, 5.74) is 0. The fourth-order valence-corrected chi connectivity index (χ4v) is 2.77. The van der Waals surface area contributed by atoms with E-state index in [0.29, 0.717) is 12.2 Å². The van der Waals surface area contributed by atoms with Crippen LogP contribution in [0.15, 0.2) is 46.3 Å². The first-order chi connectivity index (χ1) is 12.2. The Morgan fingerprint density at radius 3 is 2.92 bits per heavy atom. The van der Waals surface area contributed by atoms with Gasteiger partial charge in [-0.3, -0.25) is 4.79 Å². The minimum absolute atomic E-state index is 0.0438. The van der Waals surface area contributed by atoms with Crippen molar-refractivity contribution < 1.29 is 18.4 Å². The number of thiophene rings is 1. The van der Waals surface area contributed by atoms with Crippen LogP contribution in [-0.4, -0.2) is 22.2 Å². The van der Waals surface area contributed by atoms with E-state index in [2.05, 4.69) is 15.5 Å². The molecule has 0 radical (unpaired) electrons. The van der Waals surface area contributed by atoms with E-state index >= 15 is 0 Å². The number of carbonyl (C=O) groups excluding carboxylic acids is 1. The molecule has 0 aliphatic carbocycles. The van der Waals surface area contributed by atoms with E-state index in [-0.39, 0.29) is 24.1 Å². The monoisotopic (exact) mass is 361 g/mol. The summed E-state index contributed by atoms with van der Waals surface area (Å²) < 4.78 is 24.2. The first-order valence-electron chi connectivity index (χ1n) is 7.72. The van der Waals surface area contributed by atoms with Crippen LogP contribution in [0.5, 0.6) is 5.75 Å². The molecule has 130 valence electrons. The maximum Gasteiger partial charge on any atom is 0.261 e. The lowest BCUT2D eigenvalue weighted by Crippen LogP contribution is -2.37. The Bertz CT molecular complexity index is 835. The van der Waals surface area contributed by atoms with Crippen LogP contribution in [0.4, 0.5) is 4.39 Å². The normalized spacial score (nSPS) is 11.9. The van der Waals surface area contributed by atoms with Crippen LogP contribution in [-0.2, 0) is 11.3 Å². The lowest BCUT2D eigenvalue weighted by molar-refractivity contribution is -0.128. The number of para-hydroxylation sites is 1. The fraction of sp³-hybridized carbons (Fsp3) is 0.235. The summed E-state index contributed by atoms with van der Waals surface area (Å²) in [6.45, 7) is 1.86. The number of nitrogens with one attached hydrogen (secondary N) is 1. The van der Waals surface area contributed by atoms with E-state index in [1.165, 1.54) is 23.5 Å². The quantitative estimate of drug-likeness (QED) is 0.698. The Hall–Kier alpha value is -2.74. The molecule has 0 fully saturated rings. The summed E-state index contributed by atoms with van der Waals surface area (Å²) in [5.74, 6) is -0.0680. The zero-order valence-electron chi connectivity index (χ0n) is 13.4. The highest BCUT2D eigenvalue weighted by Crippen LogP contribution is 2.21. The summed E-state index contributed by atoms with van der Waals surface area (Å²) in [5, 5.41) is 8.46. The first-order valence-corrected chi connectivity index (χ1v) is 8.60. The molecular formula is C17H16FN3O3S. The maximum atomic E-state index is 13.6. The standard InChI is InChI=1S/C17H16FN3O3S/c1-2-12(23-13-7-4-3-6-11(13)18)17(22)19-10-15-20-16(21-24-15)14-8-5-9-25-14/h3-9,12H,2,10H2,1H3,(H,19,22). The van der Waals surface area contributed by atoms with Gasteiger partial charge in [-0.15, -0.1) is 11.3 Å². The zero-order valence-corrected chi connectivity index (χ0v) is 14.3. The molecule has 3 aromatic rings. The number of halogens is 1. The van der Waals surface area contributed by atoms with Gasteiger partial charge in [0.25, 0.3) is 5.91 Å². The number of amides is 1. The summed E-state index contributed by atoms with van der Waals surface area (Å²) in [6.07, 6.45) is -0.415. The van der Waals surface area contributed by atoms with Gasteiger partial charge >= 0.3 is 0 Å². The van der Waals surface area contributed by atoms with E-state index in [4.69, 9.17) is 9.26 Å². The first kappa shape index (κ1) is 17.1. The lowest BCUT2D eigenvalue weighted by atomic mass is 10.2. The minimum Gasteiger partial charge on any atom is -0.478 e. The molecule has 1 atom stereocenters. The van der Waals surface area contributed by atoms with Crippen LogP contribution < -0.4 is 10.1 Å². The zero-order chi connectivity index (χ0) is 17.6. The van der Waals surface area contributed by atoms with Gasteiger partial charge in [0.2, 0.25) is 11.7 Å². The Morgan fingerprint density at radius 2 is 2.20 bits per heavy atom. The summed E-state index contributed by atoms with van der Waals surface area (Å²) in [7, 11) is 0. The average molecular weight is 361 g/mol. The highest BCUT2D eigenvalue weighted by Gasteiger charge is 2.20. The van der Waals surface area contributed by atoms with Gasteiger partial charge in [-0.1, -0.05) is 30.3 Å². The molecule has 0 aliphatic heterocycles. The molecule has 0 aliphatic rings. The van der Waals surface area contributed by atoms with Crippen LogP contribution in [0, 0.1) is 5.82 Å². The smallest absolute Gasteiger partial charge is 0.261 e. The average Bonchev–Trinajstić information content (AvgIpc) is 3.30. The Labute approximate surface area is 147 Å². The predicted molar refractivity (Wildman–Crippen MR) is 90.6 cm³/mol. The van der Waals surface area contributed by atoms with E-state index < -0.39 is 11.9 Å². The van der Waals surface area contributed by atoms with Crippen molar-refractivity contribution in [3.05, 3.63) is 53.5 Å². The number of aromatic nitrogens is 2. The number of ether oxygens (including phenoxy) is 1. The molecule has 1 amide bonds. The van der Waals surface area contributed by atoms with Crippen molar-refractivity contribution in [3.63, 3.8) is 0 Å². The molecule has 25 heavy (non-hydrogen) atoms. The van der Waals surface area contributed by atoms with Crippen LogP contribution in [0.3, 0.4) is 0 Å². The number of hydrogen-bond donors (Lipinski definition) is 1. The molecule has 1 unspecified atom stereocenters. The van der Waals surface area contributed by atoms with Crippen LogP contribution >= 0.6 is 11.3 Å². The van der Waals surface area contributed by atoms with E-state index in [1.54, 1.807) is 19.1 Å². The number of nitrogens with zero attached hydrogens (tertiary/aromatic N) is 2. The van der Waals surface area contributed by atoms with E-state index in [9.17, 15) is 9.18 Å². The lowest BCUT2D eigenvalue weighted by Gasteiger charge is -2.17. The van der Waals surface area contributed by atoms with Gasteiger partial charge in [0.1, 0.15) is 0 Å². The predicted octanol–water partition coefficient (Wildman–Crippen LogP) is 3.41. The van der Waals surface area contributed by atoms with Crippen LogP contribution in [0.2, 0.25) is 0 Å². The fourth-order valence-electron chi connectivity index (χ4n) is 2.12. The third kappa shape index (κ3) is 4.21. The number of rotatable bonds is 7. The van der Waals surface area contributed by atoms with Gasteiger partial charge in [0.15, 0.2) is 17.7 Å². The largest absolute Gasteiger partial charge is 0.478 e. The van der Waals surface area contributed by atoms with E-state index in [1.807, 2.05) is 17.5 Å². The minimum atomic E-state index is -0.809. The summed E-state index contributed by atoms with van der Waals surface area (Å²) in [6, 6.07) is 9.75. The Morgan fingerprint density at radius 1 is 1.36 bits per heavy atom. The molecule has 8 heteroatoms. The number of carbonyl (C=O) groups is 1. The number of benzene rings is 1. The van der Waals surface area contributed by atoms with Crippen molar-refractivity contribution in [2.24, 2.45) is 0 Å². The van der Waals surface area contributed by atoms with Crippen molar-refractivity contribution in [2.75, 3.05) is 0 Å². The second-order valence-electron chi connectivity index (χ2n) is 5.15. The Balaban J connectivity index is 1.58. The van der Waals surface area contributed by atoms with Gasteiger partial charge in [0, 0.05) is 0 Å². The second kappa shape index (κ2) is 7.89. The maximum absolute atomic E-state index is 13.6. The third-order valence-corrected chi connectivity index (χ3v) is 4.26. The van der Waals surface area contributed by atoms with Gasteiger partial charge < -0.3 is 14.6 Å². The third-order valence-electron chi connectivity index (χ3n) is 3.39. The molecule has 0 saturated heterocycles. The topological polar surface area (TPSA) is 77.2 Å². The van der Waals surface area contributed by atoms with Crippen molar-refractivity contribution in [2.45, 2.75) is 26.0 Å². The molecule has 2 heterocycles. The molecule has 1 N–H and O–H groups in total. The Kier molecular flexibility index (Phi) is 5.39. The van der Waals surface area contributed by atoms with Crippen LogP contribution in [0.1, 0.15) is 19.2 Å². The molecule has 0 saturated carbocycles. The highest BCUT2D eigenvalue weighted by atomic mass is 32.1. The van der Waals surface area contributed by atoms with Crippen LogP contribution in [0.25, 0.3) is 10.7 Å². The molecule has 6 nitrogen and oxygen atoms in total. The number of hydrogen-bond acceptors (Lipinski definition) is 6. The summed E-state index contributed by atoms with van der Waals surface area (Å²) >= 11 is 1.50. The van der Waals surface area contributed by atoms with Gasteiger partial charge in [-0.05, 0) is 30.0 Å². The van der Waals surface area contributed by atoms with Crippen molar-refractivity contribution in [3.8, 4) is 16.5 Å². The van der Waals surface area contributed by atoms with Crippen molar-refractivity contribution in [1.29, 1.82) is 0 Å². The molecular weight excluding hydrogens is 345 g/mol. The van der Waals surface area contributed by atoms with Crippen molar-refractivity contribution >= 4 is 17.2 Å². The molecule has 0 spiro atoms. The van der Waals surface area contributed by atoms with E-state index in [0.717, 1.165) is 4.88 Å².